The van der Waals surface area contributed by atoms with Gasteiger partial charge in [0.15, 0.2) is 0 Å². The van der Waals surface area contributed by atoms with Crippen LogP contribution in [0.1, 0.15) is 15.4 Å². The topological polar surface area (TPSA) is 68.6 Å². The summed E-state index contributed by atoms with van der Waals surface area (Å²) in [5, 5.41) is 3.57. The molecule has 0 bridgehead atoms. The Morgan fingerprint density at radius 1 is 1.31 bits per heavy atom. The number of hydrogen-bond acceptors (Lipinski definition) is 6. The summed E-state index contributed by atoms with van der Waals surface area (Å²) in [6.07, 6.45) is 5.83. The number of hydrogen-bond donors (Lipinski definition) is 0. The third-order valence-corrected chi connectivity index (χ3v) is 2.04. The van der Waals surface area contributed by atoms with Gasteiger partial charge in [0.2, 0.25) is 5.78 Å². The fraction of sp³-hybridized carbons (Fsp3) is 0. The Morgan fingerprint density at radius 3 is 2.85 bits per heavy atom. The SMILES string of the molecule is O=C(c1cnccn1)c1cnns1. The third-order valence-electron chi connectivity index (χ3n) is 1.38. The van der Waals surface area contributed by atoms with Gasteiger partial charge in [0, 0.05) is 12.4 Å². The van der Waals surface area contributed by atoms with Crippen molar-refractivity contribution in [1.82, 2.24) is 19.6 Å². The van der Waals surface area contributed by atoms with Gasteiger partial charge in [-0.2, -0.15) is 0 Å². The number of ketones is 1. The van der Waals surface area contributed by atoms with Crippen LogP contribution in [0.5, 0.6) is 0 Å². The molecule has 0 saturated carbocycles. The van der Waals surface area contributed by atoms with E-state index in [0.717, 1.165) is 11.5 Å². The molecule has 0 saturated heterocycles. The molecular weight excluding hydrogens is 188 g/mol. The summed E-state index contributed by atoms with van der Waals surface area (Å²) in [4.78, 5) is 19.7. The van der Waals surface area contributed by atoms with Crippen molar-refractivity contribution in [2.45, 2.75) is 0 Å². The highest BCUT2D eigenvalue weighted by atomic mass is 32.1. The number of carbonyl (C=O) groups is 1. The minimum atomic E-state index is -0.192. The highest BCUT2D eigenvalue weighted by Crippen LogP contribution is 2.07. The van der Waals surface area contributed by atoms with Gasteiger partial charge in [-0.25, -0.2) is 4.98 Å². The average molecular weight is 192 g/mol. The first-order valence-electron chi connectivity index (χ1n) is 3.46. The van der Waals surface area contributed by atoms with E-state index in [2.05, 4.69) is 19.6 Å². The number of aromatic nitrogens is 4. The molecule has 0 fully saturated rings. The molecule has 2 aromatic heterocycles. The Bertz CT molecular complexity index is 400. The van der Waals surface area contributed by atoms with Gasteiger partial charge in [-0.05, 0) is 11.5 Å². The van der Waals surface area contributed by atoms with Crippen LogP contribution in [0, 0.1) is 0 Å². The molecule has 0 N–H and O–H groups in total. The van der Waals surface area contributed by atoms with Crippen LogP contribution in [0.3, 0.4) is 0 Å². The summed E-state index contributed by atoms with van der Waals surface area (Å²) in [6.45, 7) is 0. The van der Waals surface area contributed by atoms with Crippen molar-refractivity contribution in [3.05, 3.63) is 35.4 Å². The number of carbonyl (C=O) groups excluding carboxylic acids is 1. The monoisotopic (exact) mass is 192 g/mol. The van der Waals surface area contributed by atoms with E-state index in [1.54, 1.807) is 0 Å². The van der Waals surface area contributed by atoms with Crippen molar-refractivity contribution in [1.29, 1.82) is 0 Å². The van der Waals surface area contributed by atoms with E-state index in [4.69, 9.17) is 0 Å². The minimum absolute atomic E-state index is 0.192. The molecular formula is C7H4N4OS. The molecule has 2 rings (SSSR count). The van der Waals surface area contributed by atoms with Crippen LogP contribution in [0.4, 0.5) is 0 Å². The molecule has 2 aromatic rings. The van der Waals surface area contributed by atoms with Gasteiger partial charge in [-0.15, -0.1) is 5.10 Å². The average Bonchev–Trinajstić information content (AvgIpc) is 2.71. The van der Waals surface area contributed by atoms with E-state index >= 15 is 0 Å². The van der Waals surface area contributed by atoms with Crippen LogP contribution < -0.4 is 0 Å². The Balaban J connectivity index is 2.34. The Kier molecular flexibility index (Phi) is 2.05. The Morgan fingerprint density at radius 2 is 2.23 bits per heavy atom. The highest BCUT2D eigenvalue weighted by molar-refractivity contribution is 7.08. The van der Waals surface area contributed by atoms with Crippen molar-refractivity contribution < 1.29 is 4.79 Å². The van der Waals surface area contributed by atoms with Crippen molar-refractivity contribution in [3.63, 3.8) is 0 Å². The van der Waals surface area contributed by atoms with E-state index in [0.29, 0.717) is 10.6 Å². The van der Waals surface area contributed by atoms with E-state index in [-0.39, 0.29) is 5.78 Å². The predicted octanol–water partition coefficient (Wildman–Crippen LogP) is 0.559. The molecule has 0 aromatic carbocycles. The molecule has 6 heteroatoms. The van der Waals surface area contributed by atoms with Gasteiger partial charge >= 0.3 is 0 Å². The molecule has 2 heterocycles. The van der Waals surface area contributed by atoms with E-state index in [1.165, 1.54) is 24.8 Å². The molecule has 0 amide bonds. The smallest absolute Gasteiger partial charge is 0.226 e. The lowest BCUT2D eigenvalue weighted by Gasteiger charge is -1.92. The van der Waals surface area contributed by atoms with Crippen molar-refractivity contribution in [3.8, 4) is 0 Å². The first-order chi connectivity index (χ1) is 6.38. The number of rotatable bonds is 2. The van der Waals surface area contributed by atoms with Crippen LogP contribution >= 0.6 is 11.5 Å². The largest absolute Gasteiger partial charge is 0.286 e. The zero-order valence-electron chi connectivity index (χ0n) is 6.41. The molecule has 64 valence electrons. The zero-order chi connectivity index (χ0) is 9.10. The maximum atomic E-state index is 11.5. The van der Waals surface area contributed by atoms with Crippen LogP contribution in [-0.4, -0.2) is 25.3 Å². The van der Waals surface area contributed by atoms with Gasteiger partial charge in [0.1, 0.15) is 10.6 Å². The normalized spacial score (nSPS) is 9.85. The van der Waals surface area contributed by atoms with E-state index in [9.17, 15) is 4.79 Å². The number of nitrogens with zero attached hydrogens (tertiary/aromatic N) is 4. The Hall–Kier alpha value is -1.69. The molecule has 0 unspecified atom stereocenters. The Labute approximate surface area is 77.6 Å². The molecule has 0 aliphatic carbocycles. The molecule has 13 heavy (non-hydrogen) atoms. The van der Waals surface area contributed by atoms with Crippen LogP contribution in [0.2, 0.25) is 0 Å². The summed E-state index contributed by atoms with van der Waals surface area (Å²) < 4.78 is 3.59. The standard InChI is InChI=1S/C7H4N4OS/c12-7(6-4-10-11-13-6)5-3-8-1-2-9-5/h1-4H. The summed E-state index contributed by atoms with van der Waals surface area (Å²) in [5.74, 6) is -0.192. The van der Waals surface area contributed by atoms with E-state index in [1.807, 2.05) is 0 Å². The molecule has 5 nitrogen and oxygen atoms in total. The lowest BCUT2D eigenvalue weighted by atomic mass is 10.3. The first-order valence-corrected chi connectivity index (χ1v) is 4.23. The molecule has 0 atom stereocenters. The predicted molar refractivity (Wildman–Crippen MR) is 45.4 cm³/mol. The second-order valence-electron chi connectivity index (χ2n) is 2.20. The van der Waals surface area contributed by atoms with Gasteiger partial charge < -0.3 is 0 Å². The van der Waals surface area contributed by atoms with Gasteiger partial charge in [-0.3, -0.25) is 9.78 Å². The first kappa shape index (κ1) is 7.93. The van der Waals surface area contributed by atoms with Gasteiger partial charge in [0.05, 0.1) is 12.4 Å². The maximum absolute atomic E-state index is 11.5. The fourth-order valence-electron chi connectivity index (χ4n) is 0.810. The van der Waals surface area contributed by atoms with Crippen molar-refractivity contribution in [2.24, 2.45) is 0 Å². The summed E-state index contributed by atoms with van der Waals surface area (Å²) >= 11 is 1.05. The summed E-state index contributed by atoms with van der Waals surface area (Å²) in [7, 11) is 0. The second kappa shape index (κ2) is 3.36. The fourth-order valence-corrected chi connectivity index (χ4v) is 1.27. The van der Waals surface area contributed by atoms with E-state index < -0.39 is 0 Å². The lowest BCUT2D eigenvalue weighted by molar-refractivity contribution is 0.103. The van der Waals surface area contributed by atoms with Crippen LogP contribution in [0.15, 0.2) is 24.8 Å². The maximum Gasteiger partial charge on any atom is 0.226 e. The second-order valence-corrected chi connectivity index (χ2v) is 2.99. The van der Waals surface area contributed by atoms with Crippen LogP contribution in [-0.2, 0) is 0 Å². The molecule has 0 spiro atoms. The third kappa shape index (κ3) is 1.57. The minimum Gasteiger partial charge on any atom is -0.286 e. The van der Waals surface area contributed by atoms with Gasteiger partial charge in [0.25, 0.3) is 0 Å². The van der Waals surface area contributed by atoms with Crippen molar-refractivity contribution >= 4 is 17.3 Å². The van der Waals surface area contributed by atoms with Gasteiger partial charge in [-0.1, -0.05) is 4.49 Å². The van der Waals surface area contributed by atoms with Crippen LogP contribution in [0.25, 0.3) is 0 Å². The quantitative estimate of drug-likeness (QED) is 0.650. The lowest BCUT2D eigenvalue weighted by Crippen LogP contribution is -2.01. The zero-order valence-corrected chi connectivity index (χ0v) is 7.23. The summed E-state index contributed by atoms with van der Waals surface area (Å²) in [6, 6.07) is 0. The van der Waals surface area contributed by atoms with Crippen molar-refractivity contribution in [2.75, 3.05) is 0 Å². The molecule has 0 radical (unpaired) electrons. The molecule has 0 aliphatic rings. The summed E-state index contributed by atoms with van der Waals surface area (Å²) in [5.41, 5.74) is 0.313. The highest BCUT2D eigenvalue weighted by Gasteiger charge is 2.12. The molecule has 0 aliphatic heterocycles.